The van der Waals surface area contributed by atoms with Crippen molar-refractivity contribution in [2.75, 3.05) is 58.2 Å². The number of aromatic hydroxyl groups is 2. The van der Waals surface area contributed by atoms with E-state index < -0.39 is 70.9 Å². The van der Waals surface area contributed by atoms with E-state index in [-0.39, 0.29) is 136 Å². The van der Waals surface area contributed by atoms with Crippen LogP contribution < -0.4 is 31.7 Å². The number of carbonyl (C=O) groups is 10. The number of ether oxygens (including phenoxy) is 2. The first-order valence-electron chi connectivity index (χ1n) is 24.0. The predicted octanol–water partition coefficient (Wildman–Crippen LogP) is 2.33. The Kier molecular flexibility index (Phi) is 16.4. The van der Waals surface area contributed by atoms with Gasteiger partial charge in [0.2, 0.25) is 29.4 Å². The summed E-state index contributed by atoms with van der Waals surface area (Å²) in [6, 6.07) is 9.20. The number of benzene rings is 3. The van der Waals surface area contributed by atoms with Gasteiger partial charge in [-0.1, -0.05) is 37.6 Å². The van der Waals surface area contributed by atoms with Gasteiger partial charge in [-0.25, -0.2) is 9.59 Å². The number of nitrogens with one attached hydrogen (secondary N) is 4. The molecule has 7 rings (SSSR count). The van der Waals surface area contributed by atoms with Gasteiger partial charge < -0.3 is 56.5 Å². The maximum atomic E-state index is 14.1. The predicted molar refractivity (Wildman–Crippen MR) is 259 cm³/mol. The highest BCUT2D eigenvalue weighted by molar-refractivity contribution is 6.31. The molecule has 0 bridgehead atoms. The molecule has 0 aromatic heterocycles. The van der Waals surface area contributed by atoms with E-state index in [0.717, 1.165) is 4.90 Å². The number of primary amides is 1. The van der Waals surface area contributed by atoms with Gasteiger partial charge in [-0.3, -0.25) is 43.3 Å². The van der Waals surface area contributed by atoms with Crippen molar-refractivity contribution in [1.82, 2.24) is 30.7 Å². The summed E-state index contributed by atoms with van der Waals surface area (Å²) in [5, 5.41) is 33.3. The number of imide groups is 1. The highest BCUT2D eigenvalue weighted by atomic mass is 16.6. The maximum absolute atomic E-state index is 14.1. The molecule has 8 N–H and O–H groups in total. The molecule has 9 amide bonds. The maximum Gasteiger partial charge on any atom is 0.410 e. The number of fused-ring (bicyclic) bond motifs is 3. The number of unbranched alkanes of at least 4 members (excludes halogenated alkanes) is 2. The van der Waals surface area contributed by atoms with Crippen LogP contribution in [0.3, 0.4) is 0 Å². The number of hydrogen-bond donors (Lipinski definition) is 7. The molecule has 2 aliphatic carbocycles. The van der Waals surface area contributed by atoms with Crippen molar-refractivity contribution in [3.63, 3.8) is 0 Å². The Balaban J connectivity index is 0.857. The van der Waals surface area contributed by atoms with Gasteiger partial charge in [-0.05, 0) is 68.7 Å². The molecule has 1 fully saturated rings. The van der Waals surface area contributed by atoms with E-state index in [1.54, 1.807) is 42.2 Å². The molecule has 2 heterocycles. The Bertz CT molecular complexity index is 2750. The van der Waals surface area contributed by atoms with Crippen LogP contribution in [0.5, 0.6) is 17.2 Å². The molecule has 386 valence electrons. The Morgan fingerprint density at radius 1 is 0.781 bits per heavy atom. The second-order valence-corrected chi connectivity index (χ2v) is 18.5. The molecule has 2 atom stereocenters. The molecule has 0 spiro atoms. The minimum atomic E-state index is -1.05. The first kappa shape index (κ1) is 52.5. The van der Waals surface area contributed by atoms with Crippen LogP contribution in [0, 0.1) is 5.41 Å². The van der Waals surface area contributed by atoms with E-state index in [1.807, 2.05) is 0 Å². The van der Waals surface area contributed by atoms with Crippen LogP contribution in [0.25, 0.3) is 0 Å². The molecule has 22 heteroatoms. The SMILES string of the molecule is COc1cccc2c1C(=O)c1c(O)c3c(c(O)c1C2=O)CC(C)(C(=O)N1CCN(C(=O)OCc2ccc(NC(=O)C(CCCNC(N)=O)NC(=O)CNC(=O)CCCCCN4C(=O)C=CC4=O)cc2)CC1)CC3. The van der Waals surface area contributed by atoms with Crippen molar-refractivity contribution >= 4 is 64.8 Å². The summed E-state index contributed by atoms with van der Waals surface area (Å²) in [6.07, 6.45) is 4.32. The van der Waals surface area contributed by atoms with Crippen molar-refractivity contribution in [3.05, 3.63) is 93.6 Å². The Labute approximate surface area is 419 Å². The van der Waals surface area contributed by atoms with Crippen molar-refractivity contribution in [2.45, 2.75) is 77.4 Å². The smallest absolute Gasteiger partial charge is 0.410 e. The number of amides is 9. The fraction of sp³-hybridized carbons (Fsp3) is 0.412. The average molecular weight is 1010 g/mol. The zero-order valence-corrected chi connectivity index (χ0v) is 40.5. The average Bonchev–Trinajstić information content (AvgIpc) is 3.70. The summed E-state index contributed by atoms with van der Waals surface area (Å²) < 4.78 is 10.9. The Morgan fingerprint density at radius 3 is 2.14 bits per heavy atom. The minimum absolute atomic E-state index is 0.00131. The second kappa shape index (κ2) is 22.8. The molecule has 0 saturated carbocycles. The van der Waals surface area contributed by atoms with Crippen LogP contribution in [0.4, 0.5) is 15.3 Å². The fourth-order valence-electron chi connectivity index (χ4n) is 9.48. The zero-order chi connectivity index (χ0) is 52.6. The third kappa shape index (κ3) is 11.9. The van der Waals surface area contributed by atoms with Crippen molar-refractivity contribution in [1.29, 1.82) is 0 Å². The van der Waals surface area contributed by atoms with Crippen LogP contribution in [0.1, 0.15) is 100 Å². The van der Waals surface area contributed by atoms with E-state index in [1.165, 1.54) is 36.3 Å². The third-order valence-electron chi connectivity index (χ3n) is 13.5. The van der Waals surface area contributed by atoms with Crippen LogP contribution >= 0.6 is 0 Å². The van der Waals surface area contributed by atoms with Gasteiger partial charge in [0.1, 0.15) is 29.9 Å². The number of rotatable bonds is 19. The fourth-order valence-corrected chi connectivity index (χ4v) is 9.48. The summed E-state index contributed by atoms with van der Waals surface area (Å²) in [6.45, 7) is 2.40. The van der Waals surface area contributed by atoms with Crippen molar-refractivity contribution in [2.24, 2.45) is 11.1 Å². The topological polar surface area (TPSA) is 313 Å². The zero-order valence-electron chi connectivity index (χ0n) is 40.5. The lowest BCUT2D eigenvalue weighted by atomic mass is 9.69. The van der Waals surface area contributed by atoms with Gasteiger partial charge >= 0.3 is 12.1 Å². The number of phenolic OH excluding ortho intramolecular Hbond substituents is 2. The molecule has 2 aliphatic heterocycles. The number of anilines is 1. The molecular formula is C51H58N8O14. The van der Waals surface area contributed by atoms with Gasteiger partial charge in [0.25, 0.3) is 11.8 Å². The lowest BCUT2D eigenvalue weighted by Crippen LogP contribution is -2.54. The Morgan fingerprint density at radius 2 is 1.45 bits per heavy atom. The second-order valence-electron chi connectivity index (χ2n) is 18.5. The normalized spacial score (nSPS) is 17.3. The van der Waals surface area contributed by atoms with Crippen LogP contribution in [0.2, 0.25) is 0 Å². The molecule has 3 aromatic carbocycles. The summed E-state index contributed by atoms with van der Waals surface area (Å²) in [5.41, 5.74) is 5.08. The summed E-state index contributed by atoms with van der Waals surface area (Å²) in [4.78, 5) is 132. The number of ketones is 2. The molecule has 4 aliphatic rings. The largest absolute Gasteiger partial charge is 0.507 e. The van der Waals surface area contributed by atoms with E-state index in [0.29, 0.717) is 36.1 Å². The highest BCUT2D eigenvalue weighted by Crippen LogP contribution is 2.50. The molecule has 22 nitrogen and oxygen atoms in total. The van der Waals surface area contributed by atoms with Gasteiger partial charge in [-0.2, -0.15) is 0 Å². The highest BCUT2D eigenvalue weighted by Gasteiger charge is 2.46. The first-order valence-corrected chi connectivity index (χ1v) is 24.0. The molecule has 73 heavy (non-hydrogen) atoms. The van der Waals surface area contributed by atoms with Crippen LogP contribution in [0.15, 0.2) is 54.6 Å². The van der Waals surface area contributed by atoms with E-state index in [2.05, 4.69) is 21.3 Å². The number of nitrogens with two attached hydrogens (primary N) is 1. The lowest BCUT2D eigenvalue weighted by molar-refractivity contribution is -0.143. The number of piperazine rings is 1. The van der Waals surface area contributed by atoms with Crippen LogP contribution in [-0.2, 0) is 53.0 Å². The number of methoxy groups -OCH3 is 1. The third-order valence-corrected chi connectivity index (χ3v) is 13.5. The molecular weight excluding hydrogens is 949 g/mol. The summed E-state index contributed by atoms with van der Waals surface area (Å²) >= 11 is 0. The van der Waals surface area contributed by atoms with Crippen molar-refractivity contribution in [3.8, 4) is 17.2 Å². The van der Waals surface area contributed by atoms with Gasteiger partial charge in [0, 0.05) is 80.2 Å². The number of phenols is 2. The monoisotopic (exact) mass is 1010 g/mol. The van der Waals surface area contributed by atoms with Crippen LogP contribution in [-0.4, -0.2) is 143 Å². The molecule has 2 unspecified atom stereocenters. The Hall–Kier alpha value is -8.30. The summed E-state index contributed by atoms with van der Waals surface area (Å²) in [7, 11) is 1.37. The quantitative estimate of drug-likeness (QED) is 0.0403. The molecule has 0 radical (unpaired) electrons. The van der Waals surface area contributed by atoms with Crippen molar-refractivity contribution < 1.29 is 67.6 Å². The standard InChI is InChI=1S/C51H58N8O14/c1-51(19-18-31-33(26-51)45(66)41-42(43(31)64)46(67)40-32(44(41)65)8-6-10-35(40)72-2)48(69)57-22-24-58(25-23-57)50(71)73-28-29-12-14-30(15-13-29)55-47(68)34(9-7-20-53-49(52)70)56-37(61)27-54-36(60)11-4-3-5-21-59-38(62)16-17-39(59)63/h6,8,10,12-17,34,64,66H,3-5,7,9,11,18-28H2,1-2H3,(H,54,60)(H,55,68)(H,56,61)(H3,52,53,70). The first-order chi connectivity index (χ1) is 34.9. The van der Waals surface area contributed by atoms with Gasteiger partial charge in [0.05, 0.1) is 35.8 Å². The van der Waals surface area contributed by atoms with E-state index in [4.69, 9.17) is 15.2 Å². The number of urea groups is 1. The molecule has 3 aromatic rings. The number of carbonyl (C=O) groups excluding carboxylic acids is 10. The van der Waals surface area contributed by atoms with E-state index >= 15 is 0 Å². The number of hydrogen-bond acceptors (Lipinski definition) is 14. The minimum Gasteiger partial charge on any atom is -0.507 e. The van der Waals surface area contributed by atoms with Gasteiger partial charge in [0.15, 0.2) is 5.78 Å². The molecule has 1 saturated heterocycles. The van der Waals surface area contributed by atoms with E-state index in [9.17, 15) is 58.2 Å². The number of nitrogens with zero attached hydrogens (tertiary/aromatic N) is 3. The summed E-state index contributed by atoms with van der Waals surface area (Å²) in [5.74, 6) is -4.50. The van der Waals surface area contributed by atoms with Gasteiger partial charge in [-0.15, -0.1) is 0 Å². The lowest BCUT2D eigenvalue weighted by Gasteiger charge is -2.41.